The highest BCUT2D eigenvalue weighted by Crippen LogP contribution is 2.38. The van der Waals surface area contributed by atoms with Crippen molar-refractivity contribution in [2.24, 2.45) is 0 Å². The van der Waals surface area contributed by atoms with E-state index in [0.717, 1.165) is 45.2 Å². The summed E-state index contributed by atoms with van der Waals surface area (Å²) >= 11 is 0. The molecule has 1 amide bonds. The number of piperidine rings is 1. The van der Waals surface area contributed by atoms with E-state index in [0.29, 0.717) is 12.1 Å². The summed E-state index contributed by atoms with van der Waals surface area (Å²) in [4.78, 5) is 14.5. The summed E-state index contributed by atoms with van der Waals surface area (Å²) in [5.74, 6) is 0.232. The second-order valence-corrected chi connectivity index (χ2v) is 15.5. The minimum Gasteiger partial charge on any atom is -0.414 e. The topological polar surface area (TPSA) is 65.4 Å². The summed E-state index contributed by atoms with van der Waals surface area (Å²) in [5.41, 5.74) is -0.140. The molecule has 7 heteroatoms. The molecule has 1 aliphatic rings. The minimum absolute atomic E-state index is 0.207. The molecular formula is C25H44FN3O2Si. The van der Waals surface area contributed by atoms with E-state index in [1.807, 2.05) is 17.1 Å². The van der Waals surface area contributed by atoms with Gasteiger partial charge < -0.3 is 14.6 Å². The largest absolute Gasteiger partial charge is 0.414 e. The number of unbranched alkanes of at least 4 members (excludes halogenated alkanes) is 2. The number of nitrogens with zero attached hydrogens (tertiary/aromatic N) is 2. The molecule has 0 aromatic rings. The second-order valence-electron chi connectivity index (χ2n) is 10.8. The Balaban J connectivity index is 2.33. The van der Waals surface area contributed by atoms with Crippen LogP contribution in [0, 0.1) is 11.3 Å². The van der Waals surface area contributed by atoms with E-state index in [9.17, 15) is 9.18 Å². The van der Waals surface area contributed by atoms with E-state index in [4.69, 9.17) is 9.69 Å². The number of carbonyl (C=O) groups is 1. The Morgan fingerprint density at radius 3 is 2.38 bits per heavy atom. The third-order valence-electron chi connectivity index (χ3n) is 6.40. The van der Waals surface area contributed by atoms with Crippen molar-refractivity contribution < 1.29 is 13.6 Å². The molecular weight excluding hydrogens is 421 g/mol. The third kappa shape index (κ3) is 9.87. The highest BCUT2D eigenvalue weighted by atomic mass is 28.4. The summed E-state index contributed by atoms with van der Waals surface area (Å²) in [5, 5.41) is 12.3. The highest BCUT2D eigenvalue weighted by Gasteiger charge is 2.39. The van der Waals surface area contributed by atoms with Crippen molar-refractivity contribution in [3.8, 4) is 6.07 Å². The Labute approximate surface area is 196 Å². The van der Waals surface area contributed by atoms with Crippen molar-refractivity contribution in [1.29, 1.82) is 5.26 Å². The van der Waals surface area contributed by atoms with Gasteiger partial charge in [0, 0.05) is 31.3 Å². The molecule has 0 aromatic heterocycles. The molecule has 182 valence electrons. The van der Waals surface area contributed by atoms with E-state index in [-0.39, 0.29) is 17.0 Å². The molecule has 1 aliphatic heterocycles. The fourth-order valence-electron chi connectivity index (χ4n) is 3.36. The molecule has 0 radical (unpaired) electrons. The monoisotopic (exact) mass is 465 g/mol. The van der Waals surface area contributed by atoms with Gasteiger partial charge in [0.1, 0.15) is 12.2 Å². The van der Waals surface area contributed by atoms with Gasteiger partial charge in [0.05, 0.1) is 6.07 Å². The average molecular weight is 466 g/mol. The maximum atomic E-state index is 12.7. The van der Waals surface area contributed by atoms with Crippen LogP contribution in [0.2, 0.25) is 18.1 Å². The van der Waals surface area contributed by atoms with E-state index >= 15 is 0 Å². The highest BCUT2D eigenvalue weighted by molar-refractivity contribution is 6.74. The normalized spacial score (nSPS) is 17.0. The van der Waals surface area contributed by atoms with Crippen LogP contribution in [0.3, 0.4) is 0 Å². The number of hydrogen-bond donors (Lipinski definition) is 1. The molecule has 1 saturated heterocycles. The van der Waals surface area contributed by atoms with Crippen LogP contribution in [0.4, 0.5) is 4.39 Å². The fourth-order valence-corrected chi connectivity index (χ4v) is 4.78. The summed E-state index contributed by atoms with van der Waals surface area (Å²) in [6.45, 7) is 15.8. The zero-order valence-corrected chi connectivity index (χ0v) is 22.3. The van der Waals surface area contributed by atoms with Gasteiger partial charge in [-0.05, 0) is 76.2 Å². The Bertz CT molecular complexity index is 697. The lowest BCUT2D eigenvalue weighted by molar-refractivity contribution is -0.133. The van der Waals surface area contributed by atoms with Crippen LogP contribution in [0.25, 0.3) is 0 Å². The number of alkyl halides is 1. The number of rotatable bonds is 11. The first-order valence-electron chi connectivity index (χ1n) is 11.9. The zero-order valence-electron chi connectivity index (χ0n) is 21.3. The van der Waals surface area contributed by atoms with Crippen molar-refractivity contribution in [1.82, 2.24) is 10.2 Å². The van der Waals surface area contributed by atoms with Crippen LogP contribution in [-0.2, 0) is 9.22 Å². The number of likely N-dealkylation sites (tertiary alicyclic amines) is 1. The quantitative estimate of drug-likeness (QED) is 0.236. The van der Waals surface area contributed by atoms with Gasteiger partial charge >= 0.3 is 0 Å². The van der Waals surface area contributed by atoms with Crippen molar-refractivity contribution >= 4 is 14.2 Å². The molecule has 32 heavy (non-hydrogen) atoms. The van der Waals surface area contributed by atoms with Crippen LogP contribution in [-0.4, -0.2) is 50.5 Å². The lowest BCUT2D eigenvalue weighted by Gasteiger charge is -2.42. The van der Waals surface area contributed by atoms with Gasteiger partial charge in [0.15, 0.2) is 8.32 Å². The third-order valence-corrected chi connectivity index (χ3v) is 10.9. The minimum atomic E-state index is -1.76. The van der Waals surface area contributed by atoms with E-state index < -0.39 is 20.5 Å². The molecule has 1 rings (SSSR count). The molecule has 1 heterocycles. The van der Waals surface area contributed by atoms with E-state index in [1.54, 1.807) is 13.8 Å². The smallest absolute Gasteiger partial charge is 0.222 e. The van der Waals surface area contributed by atoms with Crippen molar-refractivity contribution in [3.05, 3.63) is 23.9 Å². The Hall–Kier alpha value is -1.65. The maximum Gasteiger partial charge on any atom is 0.222 e. The first-order chi connectivity index (χ1) is 14.8. The molecule has 0 bridgehead atoms. The summed E-state index contributed by atoms with van der Waals surface area (Å²) in [6.07, 6.45) is 10.5. The number of hydrogen-bond acceptors (Lipinski definition) is 4. The van der Waals surface area contributed by atoms with Crippen LogP contribution in [0.1, 0.15) is 73.1 Å². The molecule has 0 spiro atoms. The Morgan fingerprint density at radius 1 is 1.22 bits per heavy atom. The van der Waals surface area contributed by atoms with Crippen molar-refractivity contribution in [3.63, 3.8) is 0 Å². The number of halogens is 1. The van der Waals surface area contributed by atoms with Gasteiger partial charge in [0.2, 0.25) is 5.91 Å². The van der Waals surface area contributed by atoms with Crippen LogP contribution in [0.15, 0.2) is 23.9 Å². The summed E-state index contributed by atoms with van der Waals surface area (Å²) < 4.78 is 19.2. The molecule has 1 N–H and O–H groups in total. The molecule has 0 saturated carbocycles. The van der Waals surface area contributed by atoms with Crippen molar-refractivity contribution in [2.45, 2.75) is 103 Å². The second kappa shape index (κ2) is 12.6. The molecule has 5 nitrogen and oxygen atoms in total. The number of amides is 1. The first-order valence-corrected chi connectivity index (χ1v) is 14.8. The molecule has 0 aromatic carbocycles. The molecule has 1 fully saturated rings. The number of carbonyl (C=O) groups excluding carboxylic acids is 1. The summed E-state index contributed by atoms with van der Waals surface area (Å²) in [6, 6.07) is 2.15. The number of nitrogens with one attached hydrogen (secondary N) is 1. The van der Waals surface area contributed by atoms with Crippen LogP contribution < -0.4 is 5.32 Å². The van der Waals surface area contributed by atoms with Crippen molar-refractivity contribution in [2.75, 3.05) is 19.8 Å². The Kier molecular flexibility index (Phi) is 11.1. The number of nitriles is 1. The van der Waals surface area contributed by atoms with Gasteiger partial charge in [-0.2, -0.15) is 5.26 Å². The van der Waals surface area contributed by atoms with Gasteiger partial charge in [-0.15, -0.1) is 0 Å². The molecule has 0 aliphatic carbocycles. The number of allylic oxidation sites excluding steroid dienone is 3. The van der Waals surface area contributed by atoms with Gasteiger partial charge in [-0.25, -0.2) is 4.39 Å². The Morgan fingerprint density at radius 2 is 1.84 bits per heavy atom. The fraction of sp³-hybridized carbons (Fsp3) is 0.760. The standard InChI is InChI=1S/C25H44FN3O2Si/c1-24(2,3)32(6,7)31-22-15-18-29(19-16-22)23(30)13-11-9-8-10-12-21(14-17-26)28-25(4,5)20-27/h10,12,14,22,28H,8-9,11,13,15-19H2,1-7H3/b12-10-,21-14+. The van der Waals surface area contributed by atoms with Gasteiger partial charge in [0.25, 0.3) is 0 Å². The predicted molar refractivity (Wildman–Crippen MR) is 132 cm³/mol. The lowest BCUT2D eigenvalue weighted by atomic mass is 10.1. The van der Waals surface area contributed by atoms with Crippen LogP contribution in [0.5, 0.6) is 0 Å². The van der Waals surface area contributed by atoms with Gasteiger partial charge in [-0.1, -0.05) is 26.8 Å². The SMILES string of the molecule is CC(C)(C#N)NC(/C=C\CCCCC(=O)N1CCC(O[Si](C)(C)C(C)(C)C)CC1)=C/CF. The molecule has 0 unspecified atom stereocenters. The average Bonchev–Trinajstić information content (AvgIpc) is 2.69. The first kappa shape index (κ1) is 28.4. The molecule has 0 atom stereocenters. The lowest BCUT2D eigenvalue weighted by Crippen LogP contribution is -2.48. The predicted octanol–water partition coefficient (Wildman–Crippen LogP) is 5.86. The summed E-state index contributed by atoms with van der Waals surface area (Å²) in [7, 11) is -1.76. The van der Waals surface area contributed by atoms with Crippen LogP contribution >= 0.6 is 0 Å². The van der Waals surface area contributed by atoms with E-state index in [2.05, 4.69) is 45.3 Å². The van der Waals surface area contributed by atoms with E-state index in [1.165, 1.54) is 6.08 Å². The van der Waals surface area contributed by atoms with Gasteiger partial charge in [-0.3, -0.25) is 4.79 Å². The maximum absolute atomic E-state index is 12.7. The zero-order chi connectivity index (χ0) is 24.4.